The van der Waals surface area contributed by atoms with Gasteiger partial charge in [-0.1, -0.05) is 40.2 Å². The number of amides is 1. The van der Waals surface area contributed by atoms with Gasteiger partial charge in [-0.05, 0) is 29.8 Å². The number of alkyl halides is 3. The van der Waals surface area contributed by atoms with Crippen molar-refractivity contribution in [2.24, 2.45) is 0 Å². The number of benzene rings is 2. The monoisotopic (exact) mass is 445 g/mol. The summed E-state index contributed by atoms with van der Waals surface area (Å²) in [6, 6.07) is 13.6. The summed E-state index contributed by atoms with van der Waals surface area (Å²) >= 11 is 3.35. The number of ether oxygens (including phenoxy) is 2. The molecule has 9 heteroatoms. The highest BCUT2D eigenvalue weighted by atomic mass is 79.9. The number of hydrogen-bond donors (Lipinski definition) is 1. The predicted molar refractivity (Wildman–Crippen MR) is 94.3 cm³/mol. The van der Waals surface area contributed by atoms with Crippen LogP contribution in [0.4, 0.5) is 13.2 Å². The van der Waals surface area contributed by atoms with Crippen molar-refractivity contribution in [2.45, 2.75) is 12.8 Å². The van der Waals surface area contributed by atoms with Gasteiger partial charge in [0.25, 0.3) is 5.91 Å². The van der Waals surface area contributed by atoms with E-state index >= 15 is 0 Å². The molecule has 0 atom stereocenters. The first-order chi connectivity index (χ1) is 12.7. The lowest BCUT2D eigenvalue weighted by Gasteiger charge is -2.12. The van der Waals surface area contributed by atoms with Crippen LogP contribution in [0.1, 0.15) is 15.9 Å². The molecule has 0 aliphatic carbocycles. The first-order valence-corrected chi connectivity index (χ1v) is 8.51. The summed E-state index contributed by atoms with van der Waals surface area (Å²) in [5.41, 5.74) is 0.926. The van der Waals surface area contributed by atoms with Gasteiger partial charge in [0.15, 0.2) is 6.61 Å². The number of halogens is 4. The van der Waals surface area contributed by atoms with Crippen molar-refractivity contribution in [3.63, 3.8) is 0 Å². The third-order valence-electron chi connectivity index (χ3n) is 3.21. The van der Waals surface area contributed by atoms with Gasteiger partial charge in [0.1, 0.15) is 24.5 Å². The Hall–Kier alpha value is -2.55. The Labute approximate surface area is 161 Å². The Morgan fingerprint density at radius 3 is 2.52 bits per heavy atom. The number of rotatable bonds is 7. The summed E-state index contributed by atoms with van der Waals surface area (Å²) in [6.07, 6.45) is -4.54. The lowest BCUT2D eigenvalue weighted by Crippen LogP contribution is -2.36. The molecule has 0 aromatic heterocycles. The van der Waals surface area contributed by atoms with E-state index in [1.807, 2.05) is 24.3 Å². The van der Waals surface area contributed by atoms with Crippen LogP contribution in [0.25, 0.3) is 0 Å². The minimum absolute atomic E-state index is 0.0659. The Kier molecular flexibility index (Phi) is 7.23. The van der Waals surface area contributed by atoms with Gasteiger partial charge in [0.2, 0.25) is 0 Å². The van der Waals surface area contributed by atoms with Crippen LogP contribution in [0.2, 0.25) is 0 Å². The average Bonchev–Trinajstić information content (AvgIpc) is 2.62. The van der Waals surface area contributed by atoms with E-state index in [-0.39, 0.29) is 17.9 Å². The van der Waals surface area contributed by atoms with Gasteiger partial charge >= 0.3 is 12.1 Å². The second-order valence-electron chi connectivity index (χ2n) is 5.38. The highest BCUT2D eigenvalue weighted by Crippen LogP contribution is 2.21. The molecule has 0 saturated heterocycles. The molecule has 27 heavy (non-hydrogen) atoms. The van der Waals surface area contributed by atoms with Crippen LogP contribution in [-0.4, -0.2) is 31.2 Å². The smallest absolute Gasteiger partial charge is 0.405 e. The standard InChI is InChI=1S/C18H15BrF3NO4/c19-13-5-3-4-12(8-13)9-26-15-7-2-1-6-14(15)17(25)27-10-16(24)23-11-18(20,21)22/h1-8H,9-11H2,(H,23,24). The molecular weight excluding hydrogens is 431 g/mol. The van der Waals surface area contributed by atoms with Gasteiger partial charge in [-0.2, -0.15) is 13.2 Å². The fraction of sp³-hybridized carbons (Fsp3) is 0.222. The lowest BCUT2D eigenvalue weighted by atomic mass is 10.2. The van der Waals surface area contributed by atoms with Crippen molar-refractivity contribution in [1.82, 2.24) is 5.32 Å². The van der Waals surface area contributed by atoms with Crippen LogP contribution >= 0.6 is 15.9 Å². The van der Waals surface area contributed by atoms with E-state index in [1.54, 1.807) is 23.5 Å². The minimum Gasteiger partial charge on any atom is -0.488 e. The fourth-order valence-corrected chi connectivity index (χ4v) is 2.45. The maximum Gasteiger partial charge on any atom is 0.405 e. The zero-order valence-corrected chi connectivity index (χ0v) is 15.5. The minimum atomic E-state index is -4.54. The molecule has 0 heterocycles. The van der Waals surface area contributed by atoms with Gasteiger partial charge in [0.05, 0.1) is 0 Å². The molecule has 0 aliphatic rings. The van der Waals surface area contributed by atoms with Gasteiger partial charge < -0.3 is 14.8 Å². The topological polar surface area (TPSA) is 64.6 Å². The first-order valence-electron chi connectivity index (χ1n) is 7.71. The third kappa shape index (κ3) is 7.30. The summed E-state index contributed by atoms with van der Waals surface area (Å²) < 4.78 is 47.4. The average molecular weight is 446 g/mol. The molecule has 0 bridgehead atoms. The van der Waals surface area contributed by atoms with Gasteiger partial charge in [-0.3, -0.25) is 4.79 Å². The van der Waals surface area contributed by atoms with Crippen molar-refractivity contribution in [1.29, 1.82) is 0 Å². The van der Waals surface area contributed by atoms with E-state index in [0.29, 0.717) is 0 Å². The van der Waals surface area contributed by atoms with Crippen LogP contribution in [-0.2, 0) is 16.1 Å². The predicted octanol–water partition coefficient (Wildman–Crippen LogP) is 3.86. The maximum absolute atomic E-state index is 12.1. The normalized spacial score (nSPS) is 11.0. The van der Waals surface area contributed by atoms with Crippen LogP contribution < -0.4 is 10.1 Å². The van der Waals surface area contributed by atoms with E-state index in [1.165, 1.54) is 6.07 Å². The van der Waals surface area contributed by atoms with Gasteiger partial charge in [-0.25, -0.2) is 4.79 Å². The molecule has 0 radical (unpaired) electrons. The molecule has 144 valence electrons. The zero-order valence-electron chi connectivity index (χ0n) is 13.9. The Balaban J connectivity index is 1.93. The quantitative estimate of drug-likeness (QED) is 0.657. The molecule has 0 aliphatic heterocycles. The largest absolute Gasteiger partial charge is 0.488 e. The molecule has 0 fully saturated rings. The van der Waals surface area contributed by atoms with Crippen molar-refractivity contribution in [3.8, 4) is 5.75 Å². The van der Waals surface area contributed by atoms with Crippen LogP contribution in [0.3, 0.4) is 0 Å². The van der Waals surface area contributed by atoms with Crippen LogP contribution in [0, 0.1) is 0 Å². The third-order valence-corrected chi connectivity index (χ3v) is 3.70. The van der Waals surface area contributed by atoms with Crippen molar-refractivity contribution >= 4 is 27.8 Å². The fourth-order valence-electron chi connectivity index (χ4n) is 2.01. The van der Waals surface area contributed by atoms with Gasteiger partial charge in [-0.15, -0.1) is 0 Å². The SMILES string of the molecule is O=C(COC(=O)c1ccccc1OCc1cccc(Br)c1)NCC(F)(F)F. The Morgan fingerprint density at radius 2 is 1.81 bits per heavy atom. The Bertz CT molecular complexity index is 811. The summed E-state index contributed by atoms with van der Waals surface area (Å²) in [6.45, 7) is -2.12. The first kappa shape index (κ1) is 20.8. The van der Waals surface area contributed by atoms with Crippen molar-refractivity contribution in [3.05, 3.63) is 64.1 Å². The van der Waals surface area contributed by atoms with Gasteiger partial charge in [0, 0.05) is 4.47 Å². The second-order valence-corrected chi connectivity index (χ2v) is 6.30. The van der Waals surface area contributed by atoms with E-state index in [2.05, 4.69) is 15.9 Å². The maximum atomic E-state index is 12.1. The van der Waals surface area contributed by atoms with Crippen molar-refractivity contribution in [2.75, 3.05) is 13.2 Å². The molecule has 2 aromatic rings. The highest BCUT2D eigenvalue weighted by molar-refractivity contribution is 9.10. The van der Waals surface area contributed by atoms with Crippen LogP contribution in [0.15, 0.2) is 53.0 Å². The van der Waals surface area contributed by atoms with Crippen molar-refractivity contribution < 1.29 is 32.2 Å². The molecule has 0 unspecified atom stereocenters. The van der Waals surface area contributed by atoms with E-state index in [9.17, 15) is 22.8 Å². The second kappa shape index (κ2) is 9.40. The molecule has 0 saturated carbocycles. The number of carbonyl (C=O) groups is 2. The number of para-hydroxylation sites is 1. The molecule has 2 rings (SSSR count). The number of nitrogens with one attached hydrogen (secondary N) is 1. The number of esters is 1. The Morgan fingerprint density at radius 1 is 1.07 bits per heavy atom. The lowest BCUT2D eigenvalue weighted by molar-refractivity contribution is -0.140. The molecular formula is C18H15BrF3NO4. The van der Waals surface area contributed by atoms with Crippen LogP contribution in [0.5, 0.6) is 5.75 Å². The molecule has 1 N–H and O–H groups in total. The number of hydrogen-bond acceptors (Lipinski definition) is 4. The molecule has 1 amide bonds. The summed E-state index contributed by atoms with van der Waals surface area (Å²) in [5.74, 6) is -1.69. The zero-order chi connectivity index (χ0) is 19.9. The van der Waals surface area contributed by atoms with E-state index < -0.39 is 31.2 Å². The summed E-state index contributed by atoms with van der Waals surface area (Å²) in [4.78, 5) is 23.5. The molecule has 0 spiro atoms. The highest BCUT2D eigenvalue weighted by Gasteiger charge is 2.28. The summed E-state index contributed by atoms with van der Waals surface area (Å²) in [5, 5.41) is 1.62. The number of carbonyl (C=O) groups excluding carboxylic acids is 2. The molecule has 5 nitrogen and oxygen atoms in total. The van der Waals surface area contributed by atoms with E-state index in [4.69, 9.17) is 9.47 Å². The molecule has 2 aromatic carbocycles. The summed E-state index contributed by atoms with van der Waals surface area (Å²) in [7, 11) is 0. The van der Waals surface area contributed by atoms with E-state index in [0.717, 1.165) is 10.0 Å².